The molecule has 0 saturated heterocycles. The van der Waals surface area contributed by atoms with E-state index in [1.807, 2.05) is 0 Å². The van der Waals surface area contributed by atoms with E-state index in [1.54, 1.807) is 0 Å². The van der Waals surface area contributed by atoms with Crippen molar-refractivity contribution in [1.82, 2.24) is 4.98 Å². The van der Waals surface area contributed by atoms with Gasteiger partial charge in [0.2, 0.25) is 0 Å². The fourth-order valence-corrected chi connectivity index (χ4v) is 1.42. The molecule has 0 saturated carbocycles. The molecule has 0 radical (unpaired) electrons. The lowest BCUT2D eigenvalue weighted by Gasteiger charge is -2.15. The number of nitrogens with zero attached hydrogens (tertiary/aromatic N) is 2. The molecule has 1 rings (SSSR count). The number of rotatable bonds is 1. The standard InChI is InChI=1S/C10H6F6N2/c1-2-5-6(9(11,12)13)3-8(10(14,15)16)18-7(5)4-17/h3H,2H2,1H3. The highest BCUT2D eigenvalue weighted by molar-refractivity contribution is 5.41. The van der Waals surface area contributed by atoms with Gasteiger partial charge in [-0.1, -0.05) is 6.92 Å². The molecule has 0 amide bonds. The summed E-state index contributed by atoms with van der Waals surface area (Å²) in [6.07, 6.45) is -10.2. The first-order valence-corrected chi connectivity index (χ1v) is 4.69. The number of nitriles is 1. The maximum absolute atomic E-state index is 12.6. The summed E-state index contributed by atoms with van der Waals surface area (Å²) < 4.78 is 75.0. The number of hydrogen-bond acceptors (Lipinski definition) is 2. The molecule has 0 bridgehead atoms. The lowest BCUT2D eigenvalue weighted by atomic mass is 10.0. The van der Waals surface area contributed by atoms with Gasteiger partial charge in [-0.2, -0.15) is 31.6 Å². The van der Waals surface area contributed by atoms with Gasteiger partial charge in [-0.05, 0) is 12.5 Å². The Morgan fingerprint density at radius 2 is 1.72 bits per heavy atom. The maximum atomic E-state index is 12.6. The summed E-state index contributed by atoms with van der Waals surface area (Å²) in [5.74, 6) is 0. The van der Waals surface area contributed by atoms with Gasteiger partial charge in [0, 0.05) is 5.56 Å². The first kappa shape index (κ1) is 14.3. The van der Waals surface area contributed by atoms with Crippen molar-refractivity contribution in [1.29, 1.82) is 5.26 Å². The molecule has 1 aromatic rings. The van der Waals surface area contributed by atoms with Gasteiger partial charge in [0.1, 0.15) is 17.5 Å². The number of aromatic nitrogens is 1. The Morgan fingerprint density at radius 1 is 1.17 bits per heavy atom. The topological polar surface area (TPSA) is 36.7 Å². The third-order valence-electron chi connectivity index (χ3n) is 2.18. The molecule has 18 heavy (non-hydrogen) atoms. The fraction of sp³-hybridized carbons (Fsp3) is 0.400. The van der Waals surface area contributed by atoms with Gasteiger partial charge in [-0.15, -0.1) is 0 Å². The molecule has 0 unspecified atom stereocenters. The first-order chi connectivity index (χ1) is 8.11. The Kier molecular flexibility index (Phi) is 3.55. The van der Waals surface area contributed by atoms with Crippen molar-refractivity contribution in [3.63, 3.8) is 0 Å². The molecule has 0 N–H and O–H groups in total. The van der Waals surface area contributed by atoms with Crippen LogP contribution in [0, 0.1) is 11.3 Å². The summed E-state index contributed by atoms with van der Waals surface area (Å²) in [4.78, 5) is 2.92. The van der Waals surface area contributed by atoms with E-state index >= 15 is 0 Å². The molecule has 0 fully saturated rings. The predicted octanol–water partition coefficient (Wildman–Crippen LogP) is 3.55. The number of alkyl halides is 6. The molecule has 1 heterocycles. The van der Waals surface area contributed by atoms with Crippen molar-refractivity contribution in [2.24, 2.45) is 0 Å². The summed E-state index contributed by atoms with van der Waals surface area (Å²) in [6.45, 7) is 1.31. The van der Waals surface area contributed by atoms with Gasteiger partial charge in [-0.25, -0.2) is 4.98 Å². The Morgan fingerprint density at radius 3 is 2.06 bits per heavy atom. The second-order valence-electron chi connectivity index (χ2n) is 3.34. The lowest BCUT2D eigenvalue weighted by molar-refractivity contribution is -0.145. The van der Waals surface area contributed by atoms with Crippen molar-refractivity contribution in [2.45, 2.75) is 25.7 Å². The van der Waals surface area contributed by atoms with Crippen molar-refractivity contribution >= 4 is 0 Å². The van der Waals surface area contributed by atoms with E-state index in [-0.39, 0.29) is 12.5 Å². The summed E-state index contributed by atoms with van der Waals surface area (Å²) >= 11 is 0. The van der Waals surface area contributed by atoms with Gasteiger partial charge in [0.15, 0.2) is 0 Å². The van der Waals surface area contributed by atoms with Crippen molar-refractivity contribution < 1.29 is 26.3 Å². The van der Waals surface area contributed by atoms with Crippen LogP contribution in [0.5, 0.6) is 0 Å². The van der Waals surface area contributed by atoms with Crippen LogP contribution in [0.15, 0.2) is 6.07 Å². The molecule has 98 valence electrons. The van der Waals surface area contributed by atoms with Crippen LogP contribution in [0.4, 0.5) is 26.3 Å². The molecular formula is C10H6F6N2. The molecule has 0 spiro atoms. The first-order valence-electron chi connectivity index (χ1n) is 4.69. The van der Waals surface area contributed by atoms with Gasteiger partial charge in [0.25, 0.3) is 0 Å². The lowest BCUT2D eigenvalue weighted by Crippen LogP contribution is -2.17. The van der Waals surface area contributed by atoms with Crippen LogP contribution in [0.25, 0.3) is 0 Å². The highest BCUT2D eigenvalue weighted by atomic mass is 19.4. The summed E-state index contributed by atoms with van der Waals surface area (Å²) in [7, 11) is 0. The fourth-order valence-electron chi connectivity index (χ4n) is 1.42. The largest absolute Gasteiger partial charge is 0.433 e. The zero-order valence-electron chi connectivity index (χ0n) is 8.95. The molecule has 1 aromatic heterocycles. The summed E-state index contributed by atoms with van der Waals surface area (Å²) in [6, 6.07) is 1.19. The second-order valence-corrected chi connectivity index (χ2v) is 3.34. The van der Waals surface area contributed by atoms with Crippen LogP contribution < -0.4 is 0 Å². The van der Waals surface area contributed by atoms with Crippen molar-refractivity contribution in [3.05, 3.63) is 28.6 Å². The molecule has 0 atom stereocenters. The Labute approximate surface area is 97.9 Å². The van der Waals surface area contributed by atoms with Crippen LogP contribution in [-0.2, 0) is 18.8 Å². The van der Waals surface area contributed by atoms with Crippen molar-refractivity contribution in [2.75, 3.05) is 0 Å². The van der Waals surface area contributed by atoms with Crippen LogP contribution in [-0.4, -0.2) is 4.98 Å². The quantitative estimate of drug-likeness (QED) is 0.730. The summed E-state index contributed by atoms with van der Waals surface area (Å²) in [5.41, 5.74) is -4.56. The average Bonchev–Trinajstić information content (AvgIpc) is 2.24. The van der Waals surface area contributed by atoms with Crippen LogP contribution in [0.3, 0.4) is 0 Å². The zero-order valence-corrected chi connectivity index (χ0v) is 8.95. The highest BCUT2D eigenvalue weighted by Gasteiger charge is 2.40. The smallest absolute Gasteiger partial charge is 0.232 e. The number of pyridine rings is 1. The third kappa shape index (κ3) is 2.72. The minimum Gasteiger partial charge on any atom is -0.232 e. The molecule has 0 aliphatic rings. The van der Waals surface area contributed by atoms with E-state index in [0.29, 0.717) is 0 Å². The van der Waals surface area contributed by atoms with E-state index in [4.69, 9.17) is 5.26 Å². The Hall–Kier alpha value is -1.78. The van der Waals surface area contributed by atoms with Gasteiger partial charge >= 0.3 is 12.4 Å². The van der Waals surface area contributed by atoms with Gasteiger partial charge in [-0.3, -0.25) is 0 Å². The van der Waals surface area contributed by atoms with Gasteiger partial charge < -0.3 is 0 Å². The van der Waals surface area contributed by atoms with E-state index in [2.05, 4.69) is 4.98 Å². The number of hydrogen-bond donors (Lipinski definition) is 0. The average molecular weight is 268 g/mol. The number of halogens is 6. The maximum Gasteiger partial charge on any atom is 0.433 e. The molecular weight excluding hydrogens is 262 g/mol. The van der Waals surface area contributed by atoms with E-state index in [1.165, 1.54) is 13.0 Å². The molecule has 8 heteroatoms. The van der Waals surface area contributed by atoms with E-state index in [0.717, 1.165) is 0 Å². The normalized spacial score (nSPS) is 12.3. The Balaban J connectivity index is 3.63. The van der Waals surface area contributed by atoms with Crippen LogP contribution in [0.2, 0.25) is 0 Å². The van der Waals surface area contributed by atoms with E-state index in [9.17, 15) is 26.3 Å². The molecule has 0 aliphatic carbocycles. The van der Waals surface area contributed by atoms with Crippen LogP contribution in [0.1, 0.15) is 29.4 Å². The summed E-state index contributed by atoms with van der Waals surface area (Å²) in [5, 5.41) is 8.58. The molecule has 0 aliphatic heterocycles. The highest BCUT2D eigenvalue weighted by Crippen LogP contribution is 2.37. The SMILES string of the molecule is CCc1c(C(F)(F)F)cc(C(F)(F)F)nc1C#N. The molecule has 0 aromatic carbocycles. The monoisotopic (exact) mass is 268 g/mol. The van der Waals surface area contributed by atoms with Gasteiger partial charge in [0.05, 0.1) is 5.56 Å². The molecule has 2 nitrogen and oxygen atoms in total. The zero-order chi connectivity index (χ0) is 14.1. The Bertz CT molecular complexity index is 495. The van der Waals surface area contributed by atoms with Crippen LogP contribution >= 0.6 is 0 Å². The van der Waals surface area contributed by atoms with E-state index < -0.39 is 34.9 Å². The minimum absolute atomic E-state index is 0.0698. The van der Waals surface area contributed by atoms with Crippen molar-refractivity contribution in [3.8, 4) is 6.07 Å². The minimum atomic E-state index is -5.03. The second kappa shape index (κ2) is 4.48. The third-order valence-corrected chi connectivity index (χ3v) is 2.18. The predicted molar refractivity (Wildman–Crippen MR) is 48.3 cm³/mol.